The molecule has 0 aromatic rings. The SMILES string of the molecule is CN=C(NCC1CCCN(CC(C)C)C1)NC1CCN(C2CCCC2)CC1. The molecule has 0 aromatic carbocycles. The van der Waals surface area contributed by atoms with Crippen molar-refractivity contribution in [3.63, 3.8) is 0 Å². The quantitative estimate of drug-likeness (QED) is 0.552. The maximum absolute atomic E-state index is 4.50. The second-order valence-corrected chi connectivity index (χ2v) is 9.51. The number of rotatable bonds is 6. The molecule has 1 aliphatic carbocycles. The Morgan fingerprint density at radius 2 is 1.74 bits per heavy atom. The van der Waals surface area contributed by atoms with E-state index in [1.54, 1.807) is 0 Å². The van der Waals surface area contributed by atoms with Gasteiger partial charge in [-0.2, -0.15) is 0 Å². The first-order valence-electron chi connectivity index (χ1n) is 11.6. The zero-order valence-electron chi connectivity index (χ0n) is 18.1. The fourth-order valence-electron chi connectivity index (χ4n) is 5.31. The van der Waals surface area contributed by atoms with Crippen LogP contribution in [-0.2, 0) is 0 Å². The van der Waals surface area contributed by atoms with Gasteiger partial charge in [0.2, 0.25) is 0 Å². The third-order valence-electron chi connectivity index (χ3n) is 6.72. The fraction of sp³-hybridized carbons (Fsp3) is 0.955. The minimum absolute atomic E-state index is 0.581. The number of aliphatic imine (C=N–C) groups is 1. The van der Waals surface area contributed by atoms with Gasteiger partial charge in [0.15, 0.2) is 5.96 Å². The molecule has 3 aliphatic rings. The predicted molar refractivity (Wildman–Crippen MR) is 115 cm³/mol. The Morgan fingerprint density at radius 3 is 2.41 bits per heavy atom. The van der Waals surface area contributed by atoms with Crippen LogP contribution in [-0.4, -0.2) is 74.2 Å². The molecule has 2 heterocycles. The van der Waals surface area contributed by atoms with Crippen molar-refractivity contribution in [2.24, 2.45) is 16.8 Å². The lowest BCUT2D eigenvalue weighted by Crippen LogP contribution is -2.51. The summed E-state index contributed by atoms with van der Waals surface area (Å²) < 4.78 is 0. The molecule has 0 aromatic heterocycles. The highest BCUT2D eigenvalue weighted by Gasteiger charge is 2.27. The third kappa shape index (κ3) is 6.63. The summed E-state index contributed by atoms with van der Waals surface area (Å²) in [5, 5.41) is 7.32. The molecule has 2 aliphatic heterocycles. The zero-order valence-corrected chi connectivity index (χ0v) is 18.1. The minimum Gasteiger partial charge on any atom is -0.356 e. The number of hydrogen-bond acceptors (Lipinski definition) is 3. The van der Waals surface area contributed by atoms with Gasteiger partial charge in [-0.1, -0.05) is 26.7 Å². The van der Waals surface area contributed by atoms with Crippen molar-refractivity contribution in [1.82, 2.24) is 20.4 Å². The summed E-state index contributed by atoms with van der Waals surface area (Å²) in [5.41, 5.74) is 0. The van der Waals surface area contributed by atoms with Gasteiger partial charge in [-0.05, 0) is 56.9 Å². The maximum Gasteiger partial charge on any atom is 0.191 e. The molecular formula is C22H43N5. The minimum atomic E-state index is 0.581. The molecular weight excluding hydrogens is 334 g/mol. The average molecular weight is 378 g/mol. The summed E-state index contributed by atoms with van der Waals surface area (Å²) in [7, 11) is 1.91. The van der Waals surface area contributed by atoms with Gasteiger partial charge in [-0.25, -0.2) is 0 Å². The molecule has 1 unspecified atom stereocenters. The van der Waals surface area contributed by atoms with Gasteiger partial charge < -0.3 is 20.4 Å². The lowest BCUT2D eigenvalue weighted by atomic mass is 9.97. The van der Waals surface area contributed by atoms with Gasteiger partial charge in [-0.15, -0.1) is 0 Å². The second kappa shape index (κ2) is 10.7. The summed E-state index contributed by atoms with van der Waals surface area (Å²) >= 11 is 0. The highest BCUT2D eigenvalue weighted by Crippen LogP contribution is 2.26. The predicted octanol–water partition coefficient (Wildman–Crippen LogP) is 2.93. The van der Waals surface area contributed by atoms with Gasteiger partial charge in [-0.3, -0.25) is 4.99 Å². The van der Waals surface area contributed by atoms with Crippen LogP contribution in [0.15, 0.2) is 4.99 Å². The van der Waals surface area contributed by atoms with E-state index in [1.165, 1.54) is 84.1 Å². The van der Waals surface area contributed by atoms with Crippen molar-refractivity contribution >= 4 is 5.96 Å². The molecule has 1 atom stereocenters. The first-order valence-corrected chi connectivity index (χ1v) is 11.6. The second-order valence-electron chi connectivity index (χ2n) is 9.51. The highest BCUT2D eigenvalue weighted by molar-refractivity contribution is 5.79. The summed E-state index contributed by atoms with van der Waals surface area (Å²) in [6.45, 7) is 12.0. The molecule has 2 N–H and O–H groups in total. The molecule has 0 amide bonds. The van der Waals surface area contributed by atoms with E-state index >= 15 is 0 Å². The number of nitrogens with one attached hydrogen (secondary N) is 2. The van der Waals surface area contributed by atoms with Gasteiger partial charge in [0.25, 0.3) is 0 Å². The van der Waals surface area contributed by atoms with E-state index in [9.17, 15) is 0 Å². The molecule has 1 saturated carbocycles. The Bertz CT molecular complexity index is 450. The summed E-state index contributed by atoms with van der Waals surface area (Å²) in [5.74, 6) is 2.52. The van der Waals surface area contributed by atoms with Crippen LogP contribution in [0.3, 0.4) is 0 Å². The van der Waals surface area contributed by atoms with Crippen LogP contribution in [0.4, 0.5) is 0 Å². The Balaban J connectivity index is 1.36. The van der Waals surface area contributed by atoms with Crippen LogP contribution in [0.5, 0.6) is 0 Å². The fourth-order valence-corrected chi connectivity index (χ4v) is 5.31. The first kappa shape index (κ1) is 20.9. The van der Waals surface area contributed by atoms with Gasteiger partial charge in [0, 0.05) is 51.9 Å². The van der Waals surface area contributed by atoms with Crippen molar-refractivity contribution in [2.75, 3.05) is 46.3 Å². The van der Waals surface area contributed by atoms with Crippen molar-refractivity contribution < 1.29 is 0 Å². The molecule has 0 spiro atoms. The molecule has 156 valence electrons. The molecule has 3 fully saturated rings. The van der Waals surface area contributed by atoms with Gasteiger partial charge in [0.05, 0.1) is 0 Å². The molecule has 2 saturated heterocycles. The zero-order chi connectivity index (χ0) is 19.1. The summed E-state index contributed by atoms with van der Waals surface area (Å²) in [4.78, 5) is 9.89. The van der Waals surface area contributed by atoms with Crippen molar-refractivity contribution in [3.05, 3.63) is 0 Å². The maximum atomic E-state index is 4.50. The molecule has 5 nitrogen and oxygen atoms in total. The monoisotopic (exact) mass is 377 g/mol. The molecule has 3 rings (SSSR count). The molecule has 0 radical (unpaired) electrons. The van der Waals surface area contributed by atoms with Crippen LogP contribution in [0.2, 0.25) is 0 Å². The van der Waals surface area contributed by atoms with Gasteiger partial charge in [0.1, 0.15) is 0 Å². The normalized spacial score (nSPS) is 27.4. The lowest BCUT2D eigenvalue weighted by molar-refractivity contribution is 0.149. The van der Waals surface area contributed by atoms with E-state index in [-0.39, 0.29) is 0 Å². The van der Waals surface area contributed by atoms with E-state index in [1.807, 2.05) is 7.05 Å². The first-order chi connectivity index (χ1) is 13.1. The summed E-state index contributed by atoms with van der Waals surface area (Å²) in [6, 6.07) is 1.46. The third-order valence-corrected chi connectivity index (χ3v) is 6.72. The molecule has 5 heteroatoms. The largest absolute Gasteiger partial charge is 0.356 e. The van der Waals surface area contributed by atoms with E-state index in [0.717, 1.165) is 30.4 Å². The van der Waals surface area contributed by atoms with Crippen LogP contribution in [0.25, 0.3) is 0 Å². The van der Waals surface area contributed by atoms with Crippen LogP contribution < -0.4 is 10.6 Å². The van der Waals surface area contributed by atoms with Crippen molar-refractivity contribution in [2.45, 2.75) is 77.3 Å². The number of hydrogen-bond donors (Lipinski definition) is 2. The Morgan fingerprint density at radius 1 is 1.00 bits per heavy atom. The lowest BCUT2D eigenvalue weighted by Gasteiger charge is -2.37. The smallest absolute Gasteiger partial charge is 0.191 e. The van der Waals surface area contributed by atoms with Crippen LogP contribution >= 0.6 is 0 Å². The van der Waals surface area contributed by atoms with Crippen molar-refractivity contribution in [1.29, 1.82) is 0 Å². The number of guanidine groups is 1. The van der Waals surface area contributed by atoms with Crippen molar-refractivity contribution in [3.8, 4) is 0 Å². The number of nitrogens with zero attached hydrogens (tertiary/aromatic N) is 3. The van der Waals surface area contributed by atoms with Crippen LogP contribution in [0.1, 0.15) is 65.2 Å². The van der Waals surface area contributed by atoms with E-state index in [0.29, 0.717) is 6.04 Å². The molecule has 0 bridgehead atoms. The number of likely N-dealkylation sites (tertiary alicyclic amines) is 2. The topological polar surface area (TPSA) is 42.9 Å². The van der Waals surface area contributed by atoms with Gasteiger partial charge >= 0.3 is 0 Å². The molecule has 27 heavy (non-hydrogen) atoms. The highest BCUT2D eigenvalue weighted by atomic mass is 15.2. The number of piperidine rings is 2. The average Bonchev–Trinajstić information content (AvgIpc) is 3.20. The summed E-state index contributed by atoms with van der Waals surface area (Å²) in [6.07, 6.45) is 10.9. The van der Waals surface area contributed by atoms with E-state index < -0.39 is 0 Å². The van der Waals surface area contributed by atoms with E-state index in [2.05, 4.69) is 39.3 Å². The Hall–Kier alpha value is -0.810. The van der Waals surface area contributed by atoms with Crippen LogP contribution in [0, 0.1) is 11.8 Å². The standard InChI is InChI=1S/C22H43N5/c1-18(2)16-26-12-6-7-19(17-26)15-24-22(23-3)25-20-10-13-27(14-11-20)21-8-4-5-9-21/h18-21H,4-17H2,1-3H3,(H2,23,24,25). The Labute approximate surface area is 167 Å². The Kier molecular flexibility index (Phi) is 8.25. The van der Waals surface area contributed by atoms with E-state index in [4.69, 9.17) is 0 Å².